The molecule has 2 aromatic rings. The third kappa shape index (κ3) is 7.35. The van der Waals surface area contributed by atoms with Crippen molar-refractivity contribution in [2.24, 2.45) is 5.92 Å². The molecule has 1 saturated heterocycles. The standard InChI is InChI=1S/C23H29ClF3N5O2/c24-20-13-28-22(30-18-5-7-19(8-6-18)32-9-11-33-12-10-32)31-21(20)34-14-16-1-3-17(4-2-16)29-15-23(25,26)27/h5-8,13,16-17,29H,1-4,9-12,14-15H2,(H,28,30,31). The molecule has 11 heteroatoms. The first-order valence-corrected chi connectivity index (χ1v) is 11.9. The van der Waals surface area contributed by atoms with Crippen molar-refractivity contribution >= 4 is 28.9 Å². The lowest BCUT2D eigenvalue weighted by Gasteiger charge is -2.29. The summed E-state index contributed by atoms with van der Waals surface area (Å²) in [6.07, 6.45) is 0.272. The lowest BCUT2D eigenvalue weighted by Crippen LogP contribution is -2.39. The van der Waals surface area contributed by atoms with E-state index in [2.05, 4.69) is 25.5 Å². The molecule has 0 spiro atoms. The van der Waals surface area contributed by atoms with Crippen LogP contribution < -0.4 is 20.3 Å². The number of alkyl halides is 3. The summed E-state index contributed by atoms with van der Waals surface area (Å²) in [5.74, 6) is 0.916. The number of ether oxygens (including phenoxy) is 2. The minimum atomic E-state index is -4.18. The number of hydrogen-bond donors (Lipinski definition) is 2. The maximum absolute atomic E-state index is 12.4. The van der Waals surface area contributed by atoms with E-state index in [1.165, 1.54) is 6.20 Å². The van der Waals surface area contributed by atoms with Gasteiger partial charge in [-0.2, -0.15) is 18.2 Å². The monoisotopic (exact) mass is 499 g/mol. The second-order valence-electron chi connectivity index (χ2n) is 8.64. The highest BCUT2D eigenvalue weighted by Gasteiger charge is 2.29. The molecule has 1 aliphatic carbocycles. The van der Waals surface area contributed by atoms with Gasteiger partial charge in [0, 0.05) is 30.5 Å². The van der Waals surface area contributed by atoms with E-state index >= 15 is 0 Å². The van der Waals surface area contributed by atoms with Crippen LogP contribution in [0.15, 0.2) is 30.5 Å². The second kappa shape index (κ2) is 11.4. The van der Waals surface area contributed by atoms with E-state index in [-0.39, 0.29) is 12.0 Å². The van der Waals surface area contributed by atoms with Crippen LogP contribution in [0.4, 0.5) is 30.5 Å². The predicted molar refractivity (Wildman–Crippen MR) is 125 cm³/mol. The maximum atomic E-state index is 12.4. The van der Waals surface area contributed by atoms with Gasteiger partial charge in [0.15, 0.2) is 0 Å². The number of benzene rings is 1. The SMILES string of the molecule is FC(F)(F)CNC1CCC(COc2nc(Nc3ccc(N4CCOCC4)cc3)ncc2Cl)CC1. The molecule has 0 atom stereocenters. The molecule has 2 N–H and O–H groups in total. The van der Waals surface area contributed by atoms with Crippen LogP contribution in [0, 0.1) is 5.92 Å². The van der Waals surface area contributed by atoms with E-state index in [0.29, 0.717) is 36.3 Å². The molecule has 1 saturated carbocycles. The van der Waals surface area contributed by atoms with E-state index < -0.39 is 12.7 Å². The molecule has 2 aliphatic rings. The minimum absolute atomic E-state index is 0.106. The molecule has 4 rings (SSSR count). The highest BCUT2D eigenvalue weighted by atomic mass is 35.5. The fourth-order valence-electron chi connectivity index (χ4n) is 4.21. The third-order valence-electron chi connectivity index (χ3n) is 6.11. The van der Waals surface area contributed by atoms with Crippen molar-refractivity contribution in [1.29, 1.82) is 0 Å². The number of halogens is 4. The van der Waals surface area contributed by atoms with Crippen LogP contribution in [0.25, 0.3) is 0 Å². The van der Waals surface area contributed by atoms with Crippen LogP contribution >= 0.6 is 11.6 Å². The lowest BCUT2D eigenvalue weighted by atomic mass is 9.86. The Morgan fingerprint density at radius 3 is 2.47 bits per heavy atom. The predicted octanol–water partition coefficient (Wildman–Crippen LogP) is 4.80. The molecule has 0 unspecified atom stereocenters. The number of nitrogens with zero attached hydrogens (tertiary/aromatic N) is 3. The fraction of sp³-hybridized carbons (Fsp3) is 0.565. The summed E-state index contributed by atoms with van der Waals surface area (Å²) in [5, 5.41) is 6.07. The van der Waals surface area contributed by atoms with Crippen LogP contribution in [0.3, 0.4) is 0 Å². The zero-order valence-electron chi connectivity index (χ0n) is 18.8. The van der Waals surface area contributed by atoms with Crippen LogP contribution in [0.5, 0.6) is 5.88 Å². The Kier molecular flexibility index (Phi) is 8.33. The zero-order valence-corrected chi connectivity index (χ0v) is 19.5. The van der Waals surface area contributed by atoms with Gasteiger partial charge in [0.25, 0.3) is 0 Å². The van der Waals surface area contributed by atoms with Gasteiger partial charge in [0.2, 0.25) is 11.8 Å². The van der Waals surface area contributed by atoms with Crippen molar-refractivity contribution in [3.63, 3.8) is 0 Å². The molecule has 1 aromatic carbocycles. The molecular weight excluding hydrogens is 471 g/mol. The summed E-state index contributed by atoms with van der Waals surface area (Å²) in [5.41, 5.74) is 1.98. The topological polar surface area (TPSA) is 71.5 Å². The maximum Gasteiger partial charge on any atom is 0.401 e. The van der Waals surface area contributed by atoms with E-state index in [4.69, 9.17) is 21.1 Å². The average molecular weight is 500 g/mol. The van der Waals surface area contributed by atoms with Gasteiger partial charge in [-0.1, -0.05) is 11.6 Å². The molecule has 1 aromatic heterocycles. The average Bonchev–Trinajstić information content (AvgIpc) is 2.84. The van der Waals surface area contributed by atoms with Crippen molar-refractivity contribution in [3.8, 4) is 5.88 Å². The summed E-state index contributed by atoms with van der Waals surface area (Å²) in [6, 6.07) is 7.91. The third-order valence-corrected chi connectivity index (χ3v) is 6.36. The number of anilines is 3. The van der Waals surface area contributed by atoms with Crippen molar-refractivity contribution in [1.82, 2.24) is 15.3 Å². The van der Waals surface area contributed by atoms with E-state index in [9.17, 15) is 13.2 Å². The van der Waals surface area contributed by atoms with E-state index in [1.54, 1.807) is 0 Å². The Bertz CT molecular complexity index is 918. The Morgan fingerprint density at radius 1 is 1.09 bits per heavy atom. The van der Waals surface area contributed by atoms with Crippen LogP contribution in [-0.2, 0) is 4.74 Å². The van der Waals surface area contributed by atoms with Gasteiger partial charge in [0.1, 0.15) is 5.02 Å². The van der Waals surface area contributed by atoms with Crippen molar-refractivity contribution in [2.45, 2.75) is 37.9 Å². The fourth-order valence-corrected chi connectivity index (χ4v) is 4.35. The number of aromatic nitrogens is 2. The largest absolute Gasteiger partial charge is 0.476 e. The Morgan fingerprint density at radius 2 is 1.79 bits per heavy atom. The van der Waals surface area contributed by atoms with Gasteiger partial charge in [-0.05, 0) is 55.9 Å². The highest BCUT2D eigenvalue weighted by Crippen LogP contribution is 2.29. The van der Waals surface area contributed by atoms with Crippen LogP contribution in [-0.4, -0.2) is 61.6 Å². The van der Waals surface area contributed by atoms with Gasteiger partial charge in [0.05, 0.1) is 32.6 Å². The first kappa shape index (κ1) is 24.8. The Labute approximate surface area is 202 Å². The van der Waals surface area contributed by atoms with Gasteiger partial charge in [-0.3, -0.25) is 0 Å². The van der Waals surface area contributed by atoms with Gasteiger partial charge < -0.3 is 25.0 Å². The first-order chi connectivity index (χ1) is 16.4. The molecular formula is C23H29ClF3N5O2. The van der Waals surface area contributed by atoms with Crippen molar-refractivity contribution in [3.05, 3.63) is 35.5 Å². The second-order valence-corrected chi connectivity index (χ2v) is 9.05. The number of rotatable bonds is 8. The first-order valence-electron chi connectivity index (χ1n) is 11.5. The Balaban J connectivity index is 1.26. The smallest absolute Gasteiger partial charge is 0.401 e. The molecule has 0 radical (unpaired) electrons. The normalized spacial score (nSPS) is 21.4. The van der Waals surface area contributed by atoms with Crippen LogP contribution in [0.1, 0.15) is 25.7 Å². The lowest BCUT2D eigenvalue weighted by molar-refractivity contribution is -0.126. The minimum Gasteiger partial charge on any atom is -0.476 e. The highest BCUT2D eigenvalue weighted by molar-refractivity contribution is 6.31. The molecule has 34 heavy (non-hydrogen) atoms. The van der Waals surface area contributed by atoms with Gasteiger partial charge in [-0.25, -0.2) is 4.98 Å². The number of hydrogen-bond acceptors (Lipinski definition) is 7. The van der Waals surface area contributed by atoms with Gasteiger partial charge >= 0.3 is 6.18 Å². The van der Waals surface area contributed by atoms with E-state index in [1.807, 2.05) is 24.3 Å². The molecule has 186 valence electrons. The molecule has 2 heterocycles. The summed E-state index contributed by atoms with van der Waals surface area (Å²) >= 11 is 6.22. The van der Waals surface area contributed by atoms with Crippen LogP contribution in [0.2, 0.25) is 5.02 Å². The molecule has 1 aliphatic heterocycles. The molecule has 7 nitrogen and oxygen atoms in total. The number of morpholine rings is 1. The van der Waals surface area contributed by atoms with Crippen molar-refractivity contribution in [2.75, 3.05) is 49.7 Å². The van der Waals surface area contributed by atoms with Gasteiger partial charge in [-0.15, -0.1) is 0 Å². The summed E-state index contributed by atoms with van der Waals surface area (Å²) in [4.78, 5) is 10.9. The quantitative estimate of drug-likeness (QED) is 0.540. The van der Waals surface area contributed by atoms with Crippen molar-refractivity contribution < 1.29 is 22.6 Å². The molecule has 0 bridgehead atoms. The summed E-state index contributed by atoms with van der Waals surface area (Å²) in [6.45, 7) is 2.69. The summed E-state index contributed by atoms with van der Waals surface area (Å²) in [7, 11) is 0. The summed E-state index contributed by atoms with van der Waals surface area (Å²) < 4.78 is 48.4. The number of nitrogens with one attached hydrogen (secondary N) is 2. The Hall–Kier alpha value is -2.30. The molecule has 0 amide bonds. The molecule has 2 fully saturated rings. The van der Waals surface area contributed by atoms with E-state index in [0.717, 1.165) is 50.5 Å². The zero-order chi connectivity index (χ0) is 24.0.